The molecule has 0 fully saturated rings. The highest BCUT2D eigenvalue weighted by molar-refractivity contribution is 5.98. The van der Waals surface area contributed by atoms with E-state index >= 15 is 0 Å². The summed E-state index contributed by atoms with van der Waals surface area (Å²) in [6.45, 7) is 3.56. The number of hydrogen-bond acceptors (Lipinski definition) is 1. The van der Waals surface area contributed by atoms with Crippen LogP contribution < -0.4 is 0 Å². The maximum absolute atomic E-state index is 10.3. The molecular formula is C7H8O. The van der Waals surface area contributed by atoms with Crippen LogP contribution in [0.1, 0.15) is 12.8 Å². The molecule has 0 saturated carbocycles. The lowest BCUT2D eigenvalue weighted by atomic mass is 9.95. The van der Waals surface area contributed by atoms with Crippen LogP contribution in [-0.2, 0) is 4.79 Å². The van der Waals surface area contributed by atoms with Crippen molar-refractivity contribution in [1.29, 1.82) is 0 Å². The molecule has 0 saturated heterocycles. The van der Waals surface area contributed by atoms with Crippen LogP contribution in [0.25, 0.3) is 0 Å². The third kappa shape index (κ3) is 0.861. The highest BCUT2D eigenvalue weighted by Crippen LogP contribution is 2.17. The molecule has 1 rings (SSSR count). The summed E-state index contributed by atoms with van der Waals surface area (Å²) < 4.78 is 0. The minimum Gasteiger partial charge on any atom is -0.295 e. The zero-order chi connectivity index (χ0) is 5.98. The van der Waals surface area contributed by atoms with Crippen molar-refractivity contribution in [3.05, 3.63) is 24.3 Å². The number of carbonyl (C=O) groups excluding carboxylic acids is 1. The van der Waals surface area contributed by atoms with Crippen molar-refractivity contribution in [1.82, 2.24) is 0 Å². The molecule has 0 unspecified atom stereocenters. The van der Waals surface area contributed by atoms with Crippen molar-refractivity contribution in [3.8, 4) is 0 Å². The monoisotopic (exact) mass is 108 g/mol. The molecular weight excluding hydrogens is 100 g/mol. The second-order valence-corrected chi connectivity index (χ2v) is 1.94. The molecule has 0 heterocycles. The Balaban J connectivity index is 2.42. The Morgan fingerprint density at radius 1 is 1.88 bits per heavy atom. The fourth-order valence-electron chi connectivity index (χ4n) is 0.739. The lowest BCUT2D eigenvalue weighted by molar-refractivity contribution is -0.115. The third-order valence-corrected chi connectivity index (χ3v) is 1.17. The first-order valence-electron chi connectivity index (χ1n) is 2.66. The van der Waals surface area contributed by atoms with E-state index < -0.39 is 0 Å². The van der Waals surface area contributed by atoms with Crippen LogP contribution in [0.4, 0.5) is 0 Å². The van der Waals surface area contributed by atoms with Crippen molar-refractivity contribution >= 4 is 5.78 Å². The van der Waals surface area contributed by atoms with E-state index in [1.807, 2.05) is 6.08 Å². The van der Waals surface area contributed by atoms with Crippen LogP contribution in [0, 0.1) is 0 Å². The number of rotatable bonds is 2. The average Bonchev–Trinajstić information content (AvgIpc) is 1.64. The molecule has 1 aliphatic carbocycles. The smallest absolute Gasteiger partial charge is 0.159 e. The number of allylic oxidation sites excluding steroid dienone is 3. The van der Waals surface area contributed by atoms with Gasteiger partial charge in [0.25, 0.3) is 0 Å². The maximum atomic E-state index is 10.3. The molecule has 0 bridgehead atoms. The van der Waals surface area contributed by atoms with Gasteiger partial charge in [-0.3, -0.25) is 4.79 Å². The van der Waals surface area contributed by atoms with E-state index in [0.29, 0.717) is 6.42 Å². The third-order valence-electron chi connectivity index (χ3n) is 1.17. The molecule has 1 nitrogen and oxygen atoms in total. The van der Waals surface area contributed by atoms with Gasteiger partial charge in [0.1, 0.15) is 0 Å². The van der Waals surface area contributed by atoms with E-state index in [1.54, 1.807) is 6.08 Å². The van der Waals surface area contributed by atoms with E-state index in [0.717, 1.165) is 6.42 Å². The first kappa shape index (κ1) is 5.29. The standard InChI is InChI=1S/C7H8O/c1-2-3-6-4-7(8)5-6/h2,4H,1,3,5H2. The maximum Gasteiger partial charge on any atom is 0.159 e. The lowest BCUT2D eigenvalue weighted by Crippen LogP contribution is -2.06. The normalized spacial score (nSPS) is 17.0. The highest BCUT2D eigenvalue weighted by Gasteiger charge is 2.11. The summed E-state index contributed by atoms with van der Waals surface area (Å²) in [6.07, 6.45) is 5.04. The molecule has 0 aromatic carbocycles. The Bertz CT molecular complexity index is 154. The fourth-order valence-corrected chi connectivity index (χ4v) is 0.739. The molecule has 0 radical (unpaired) electrons. The summed E-state index contributed by atoms with van der Waals surface area (Å²) in [7, 11) is 0. The molecule has 0 atom stereocenters. The summed E-state index contributed by atoms with van der Waals surface area (Å²) in [6, 6.07) is 0. The summed E-state index contributed by atoms with van der Waals surface area (Å²) in [5.74, 6) is 0.252. The van der Waals surface area contributed by atoms with Gasteiger partial charge in [-0.2, -0.15) is 0 Å². The molecule has 0 spiro atoms. The van der Waals surface area contributed by atoms with E-state index in [4.69, 9.17) is 0 Å². The van der Waals surface area contributed by atoms with Crippen molar-refractivity contribution in [2.24, 2.45) is 0 Å². The Kier molecular flexibility index (Phi) is 1.29. The first-order valence-corrected chi connectivity index (χ1v) is 2.66. The van der Waals surface area contributed by atoms with Gasteiger partial charge in [-0.25, -0.2) is 0 Å². The summed E-state index contributed by atoms with van der Waals surface area (Å²) >= 11 is 0. The Morgan fingerprint density at radius 3 is 2.88 bits per heavy atom. The number of ketones is 1. The molecule has 0 aliphatic heterocycles. The molecule has 8 heavy (non-hydrogen) atoms. The van der Waals surface area contributed by atoms with Gasteiger partial charge in [0.05, 0.1) is 0 Å². The predicted octanol–water partition coefficient (Wildman–Crippen LogP) is 1.46. The second-order valence-electron chi connectivity index (χ2n) is 1.94. The van der Waals surface area contributed by atoms with Gasteiger partial charge in [-0.05, 0) is 12.5 Å². The van der Waals surface area contributed by atoms with Crippen LogP contribution in [0.15, 0.2) is 24.3 Å². The van der Waals surface area contributed by atoms with Gasteiger partial charge in [-0.15, -0.1) is 6.58 Å². The Labute approximate surface area is 48.7 Å². The zero-order valence-electron chi connectivity index (χ0n) is 4.68. The van der Waals surface area contributed by atoms with Gasteiger partial charge in [-0.1, -0.05) is 11.6 Å². The van der Waals surface area contributed by atoms with Gasteiger partial charge in [0.2, 0.25) is 0 Å². The van der Waals surface area contributed by atoms with Crippen LogP contribution >= 0.6 is 0 Å². The number of hydrogen-bond donors (Lipinski definition) is 0. The minimum atomic E-state index is 0.252. The molecule has 0 N–H and O–H groups in total. The van der Waals surface area contributed by atoms with Crippen molar-refractivity contribution in [2.75, 3.05) is 0 Å². The topological polar surface area (TPSA) is 17.1 Å². The highest BCUT2D eigenvalue weighted by atomic mass is 16.1. The molecule has 1 heteroatoms. The first-order chi connectivity index (χ1) is 3.83. The minimum absolute atomic E-state index is 0.252. The SMILES string of the molecule is C=CCC1=CC(=O)C1. The van der Waals surface area contributed by atoms with Crippen LogP contribution in [0.5, 0.6) is 0 Å². The molecule has 0 aromatic rings. The summed E-state index contributed by atoms with van der Waals surface area (Å²) in [4.78, 5) is 10.3. The fraction of sp³-hybridized carbons (Fsp3) is 0.286. The van der Waals surface area contributed by atoms with E-state index in [9.17, 15) is 4.79 Å². The van der Waals surface area contributed by atoms with Crippen LogP contribution in [0.2, 0.25) is 0 Å². The second kappa shape index (κ2) is 1.95. The predicted molar refractivity (Wildman–Crippen MR) is 32.5 cm³/mol. The quantitative estimate of drug-likeness (QED) is 0.489. The molecule has 42 valence electrons. The molecule has 0 aromatic heterocycles. The van der Waals surface area contributed by atoms with Crippen molar-refractivity contribution < 1.29 is 4.79 Å². The van der Waals surface area contributed by atoms with Crippen molar-refractivity contribution in [2.45, 2.75) is 12.8 Å². The van der Waals surface area contributed by atoms with E-state index in [2.05, 4.69) is 6.58 Å². The number of carbonyl (C=O) groups is 1. The van der Waals surface area contributed by atoms with Gasteiger partial charge in [0.15, 0.2) is 5.78 Å². The summed E-state index contributed by atoms with van der Waals surface area (Å²) in [5.41, 5.74) is 1.21. The van der Waals surface area contributed by atoms with Gasteiger partial charge >= 0.3 is 0 Å². The molecule has 1 aliphatic rings. The Hall–Kier alpha value is -0.850. The van der Waals surface area contributed by atoms with E-state index in [-0.39, 0.29) is 5.78 Å². The summed E-state index contributed by atoms with van der Waals surface area (Å²) in [5, 5.41) is 0. The largest absolute Gasteiger partial charge is 0.295 e. The van der Waals surface area contributed by atoms with Crippen LogP contribution in [-0.4, -0.2) is 5.78 Å². The lowest BCUT2D eigenvalue weighted by Gasteiger charge is -2.09. The molecule has 0 amide bonds. The van der Waals surface area contributed by atoms with Gasteiger partial charge in [0, 0.05) is 6.42 Å². The average molecular weight is 108 g/mol. The van der Waals surface area contributed by atoms with Gasteiger partial charge < -0.3 is 0 Å². The van der Waals surface area contributed by atoms with Crippen LogP contribution in [0.3, 0.4) is 0 Å². The Morgan fingerprint density at radius 2 is 2.50 bits per heavy atom. The van der Waals surface area contributed by atoms with E-state index in [1.165, 1.54) is 5.57 Å². The van der Waals surface area contributed by atoms with Crippen molar-refractivity contribution in [3.63, 3.8) is 0 Å². The zero-order valence-corrected chi connectivity index (χ0v) is 4.68.